The van der Waals surface area contributed by atoms with Gasteiger partial charge in [-0.15, -0.1) is 0 Å². The number of hydrogen-bond acceptors (Lipinski definition) is 2. The van der Waals surface area contributed by atoms with Crippen molar-refractivity contribution in [3.05, 3.63) is 29.3 Å². The van der Waals surface area contributed by atoms with Crippen LogP contribution in [0.1, 0.15) is 26.2 Å². The van der Waals surface area contributed by atoms with Crippen LogP contribution in [0.2, 0.25) is 5.02 Å². The highest BCUT2D eigenvalue weighted by atomic mass is 35.5. The third kappa shape index (κ3) is 4.86. The maximum absolute atomic E-state index is 5.79. The minimum Gasteiger partial charge on any atom is -0.494 e. The van der Waals surface area contributed by atoms with E-state index in [-0.39, 0.29) is 0 Å². The van der Waals surface area contributed by atoms with E-state index in [2.05, 4.69) is 12.2 Å². The lowest BCUT2D eigenvalue weighted by atomic mass is 10.1. The molecule has 0 spiro atoms. The Kier molecular flexibility index (Phi) is 6.27. The van der Waals surface area contributed by atoms with Crippen LogP contribution in [0.3, 0.4) is 0 Å². The van der Waals surface area contributed by atoms with Crippen LogP contribution in [0.15, 0.2) is 24.3 Å². The fraction of sp³-hybridized carbons (Fsp3) is 0.538. The molecule has 0 aromatic heterocycles. The van der Waals surface area contributed by atoms with E-state index in [1.165, 1.54) is 0 Å². The molecule has 0 bridgehead atoms. The van der Waals surface area contributed by atoms with Crippen molar-refractivity contribution >= 4 is 11.6 Å². The van der Waals surface area contributed by atoms with Crippen molar-refractivity contribution in [2.75, 3.05) is 13.7 Å². The molecule has 0 aliphatic rings. The lowest BCUT2D eigenvalue weighted by Gasteiger charge is -2.13. The van der Waals surface area contributed by atoms with E-state index in [4.69, 9.17) is 16.3 Å². The first-order valence-electron chi connectivity index (χ1n) is 5.82. The van der Waals surface area contributed by atoms with Crippen LogP contribution in [0, 0.1) is 0 Å². The summed E-state index contributed by atoms with van der Waals surface area (Å²) < 4.78 is 5.61. The molecular formula is C13H20ClNO. The van der Waals surface area contributed by atoms with Crippen LogP contribution in [-0.4, -0.2) is 19.7 Å². The van der Waals surface area contributed by atoms with E-state index in [9.17, 15) is 0 Å². The highest BCUT2D eigenvalue weighted by Gasteiger charge is 2.02. The van der Waals surface area contributed by atoms with Crippen LogP contribution in [0.5, 0.6) is 5.75 Å². The number of rotatable bonds is 7. The minimum atomic E-state index is 0.605. The van der Waals surface area contributed by atoms with Crippen molar-refractivity contribution in [2.24, 2.45) is 0 Å². The van der Waals surface area contributed by atoms with E-state index in [0.717, 1.165) is 36.6 Å². The van der Waals surface area contributed by atoms with Crippen LogP contribution in [-0.2, 0) is 0 Å². The average molecular weight is 242 g/mol. The molecule has 1 rings (SSSR count). The smallest absolute Gasteiger partial charge is 0.119 e. The van der Waals surface area contributed by atoms with Gasteiger partial charge in [-0.3, -0.25) is 0 Å². The molecule has 0 saturated heterocycles. The van der Waals surface area contributed by atoms with Gasteiger partial charge in [0.1, 0.15) is 5.75 Å². The number of ether oxygens (including phenoxy) is 1. The molecule has 1 aromatic rings. The van der Waals surface area contributed by atoms with Crippen LogP contribution < -0.4 is 10.1 Å². The molecule has 0 fully saturated rings. The Balaban J connectivity index is 2.18. The Labute approximate surface area is 103 Å². The molecule has 3 heteroatoms. The zero-order valence-electron chi connectivity index (χ0n) is 10.0. The Morgan fingerprint density at radius 3 is 2.56 bits per heavy atom. The first-order valence-corrected chi connectivity index (χ1v) is 6.19. The van der Waals surface area contributed by atoms with Gasteiger partial charge in [0.05, 0.1) is 6.61 Å². The topological polar surface area (TPSA) is 21.3 Å². The van der Waals surface area contributed by atoms with E-state index in [1.807, 2.05) is 31.3 Å². The first kappa shape index (κ1) is 13.3. The summed E-state index contributed by atoms with van der Waals surface area (Å²) >= 11 is 5.79. The summed E-state index contributed by atoms with van der Waals surface area (Å²) in [7, 11) is 2.01. The summed E-state index contributed by atoms with van der Waals surface area (Å²) in [4.78, 5) is 0. The Hall–Kier alpha value is -0.730. The summed E-state index contributed by atoms with van der Waals surface area (Å²) in [6.45, 7) is 2.96. The van der Waals surface area contributed by atoms with Crippen molar-refractivity contribution in [1.82, 2.24) is 5.32 Å². The molecule has 0 amide bonds. The van der Waals surface area contributed by atoms with Gasteiger partial charge in [-0.2, -0.15) is 0 Å². The van der Waals surface area contributed by atoms with Gasteiger partial charge in [-0.1, -0.05) is 18.5 Å². The fourth-order valence-corrected chi connectivity index (χ4v) is 1.73. The van der Waals surface area contributed by atoms with Gasteiger partial charge in [0.15, 0.2) is 0 Å². The molecule has 0 aliphatic carbocycles. The largest absolute Gasteiger partial charge is 0.494 e. The second kappa shape index (κ2) is 7.53. The summed E-state index contributed by atoms with van der Waals surface area (Å²) in [6, 6.07) is 8.10. The van der Waals surface area contributed by atoms with Crippen molar-refractivity contribution in [1.29, 1.82) is 0 Å². The van der Waals surface area contributed by atoms with Gasteiger partial charge in [0, 0.05) is 11.1 Å². The lowest BCUT2D eigenvalue weighted by molar-refractivity contribution is 0.296. The van der Waals surface area contributed by atoms with Crippen LogP contribution in [0.25, 0.3) is 0 Å². The predicted octanol–water partition coefficient (Wildman–Crippen LogP) is 3.50. The van der Waals surface area contributed by atoms with Gasteiger partial charge < -0.3 is 10.1 Å². The highest BCUT2D eigenvalue weighted by molar-refractivity contribution is 6.30. The maximum atomic E-state index is 5.79. The molecular weight excluding hydrogens is 222 g/mol. The van der Waals surface area contributed by atoms with Crippen molar-refractivity contribution in [2.45, 2.75) is 32.2 Å². The average Bonchev–Trinajstić information content (AvgIpc) is 2.32. The fourth-order valence-electron chi connectivity index (χ4n) is 1.60. The van der Waals surface area contributed by atoms with Crippen molar-refractivity contribution in [3.8, 4) is 5.75 Å². The number of hydrogen-bond donors (Lipinski definition) is 1. The molecule has 0 aliphatic heterocycles. The second-order valence-corrected chi connectivity index (χ2v) is 4.27. The standard InChI is InChI=1S/C13H20ClNO/c1-3-12(15-2)5-4-10-16-13-8-6-11(14)7-9-13/h6-9,12,15H,3-5,10H2,1-2H3. The molecule has 0 heterocycles. The quantitative estimate of drug-likeness (QED) is 0.738. The zero-order valence-corrected chi connectivity index (χ0v) is 10.8. The Morgan fingerprint density at radius 2 is 2.00 bits per heavy atom. The summed E-state index contributed by atoms with van der Waals surface area (Å²) in [5, 5.41) is 4.03. The van der Waals surface area contributed by atoms with Gasteiger partial charge in [-0.25, -0.2) is 0 Å². The van der Waals surface area contributed by atoms with Crippen molar-refractivity contribution < 1.29 is 4.74 Å². The zero-order chi connectivity index (χ0) is 11.8. The van der Waals surface area contributed by atoms with Crippen molar-refractivity contribution in [3.63, 3.8) is 0 Å². The lowest BCUT2D eigenvalue weighted by Crippen LogP contribution is -2.24. The summed E-state index contributed by atoms with van der Waals surface area (Å²) in [5.74, 6) is 0.891. The van der Waals surface area contributed by atoms with Gasteiger partial charge in [0.25, 0.3) is 0 Å². The molecule has 1 unspecified atom stereocenters. The number of nitrogens with one attached hydrogen (secondary N) is 1. The van der Waals surface area contributed by atoms with E-state index in [1.54, 1.807) is 0 Å². The van der Waals surface area contributed by atoms with Gasteiger partial charge in [-0.05, 0) is 50.6 Å². The maximum Gasteiger partial charge on any atom is 0.119 e. The number of benzene rings is 1. The number of halogens is 1. The predicted molar refractivity (Wildman–Crippen MR) is 69.3 cm³/mol. The normalized spacial score (nSPS) is 12.4. The van der Waals surface area contributed by atoms with Gasteiger partial charge in [0.2, 0.25) is 0 Å². The Bertz CT molecular complexity index is 282. The molecule has 1 aromatic carbocycles. The molecule has 16 heavy (non-hydrogen) atoms. The second-order valence-electron chi connectivity index (χ2n) is 3.84. The third-order valence-electron chi connectivity index (χ3n) is 2.68. The summed E-state index contributed by atoms with van der Waals surface area (Å²) in [6.07, 6.45) is 3.39. The monoisotopic (exact) mass is 241 g/mol. The molecule has 0 saturated carbocycles. The SMILES string of the molecule is CCC(CCCOc1ccc(Cl)cc1)NC. The molecule has 2 nitrogen and oxygen atoms in total. The molecule has 1 atom stereocenters. The van der Waals surface area contributed by atoms with E-state index >= 15 is 0 Å². The van der Waals surface area contributed by atoms with Crippen LogP contribution >= 0.6 is 11.6 Å². The van der Waals surface area contributed by atoms with E-state index < -0.39 is 0 Å². The summed E-state index contributed by atoms with van der Waals surface area (Å²) in [5.41, 5.74) is 0. The highest BCUT2D eigenvalue weighted by Crippen LogP contribution is 2.15. The molecule has 90 valence electrons. The first-order chi connectivity index (χ1) is 7.76. The molecule has 0 radical (unpaired) electrons. The van der Waals surface area contributed by atoms with Crippen LogP contribution in [0.4, 0.5) is 0 Å². The van der Waals surface area contributed by atoms with Gasteiger partial charge >= 0.3 is 0 Å². The minimum absolute atomic E-state index is 0.605. The van der Waals surface area contributed by atoms with E-state index in [0.29, 0.717) is 6.04 Å². The molecule has 1 N–H and O–H groups in total. The third-order valence-corrected chi connectivity index (χ3v) is 2.93. The Morgan fingerprint density at radius 1 is 1.31 bits per heavy atom.